The van der Waals surface area contributed by atoms with Crippen molar-refractivity contribution in [3.63, 3.8) is 0 Å². The van der Waals surface area contributed by atoms with Crippen molar-refractivity contribution in [3.05, 3.63) is 50.7 Å². The van der Waals surface area contributed by atoms with Crippen LogP contribution in [0.3, 0.4) is 0 Å². The topological polar surface area (TPSA) is 101 Å². The largest absolute Gasteiger partial charge is 0.417 e. The normalized spacial score (nSPS) is 11.0. The summed E-state index contributed by atoms with van der Waals surface area (Å²) in [6.07, 6.45) is 0. The molecule has 0 aliphatic rings. The molecule has 0 aliphatic heterocycles. The Balaban J connectivity index is 1.61. The summed E-state index contributed by atoms with van der Waals surface area (Å²) in [6.45, 7) is 0. The molecule has 1 aromatic carbocycles. The van der Waals surface area contributed by atoms with Crippen molar-refractivity contribution < 1.29 is 9.21 Å². The van der Waals surface area contributed by atoms with Gasteiger partial charge in [0.1, 0.15) is 5.69 Å². The van der Waals surface area contributed by atoms with Crippen LogP contribution in [0.5, 0.6) is 0 Å². The molecular weight excluding hydrogens is 336 g/mol. The number of H-pyrrole nitrogens is 1. The molecule has 0 fully saturated rings. The van der Waals surface area contributed by atoms with E-state index in [9.17, 15) is 9.59 Å². The second-order valence-corrected chi connectivity index (χ2v) is 6.17. The molecule has 1 amide bonds. The standard InChI is InChI=1S/C14H8N4O3S2/c19-12(10-4-22-6-15-10)18-13-16-9(5-23-13)7-1-2-8-11(3-7)21-14(20)17-8/h1-6H,(H,17,20)(H,16,18,19). The van der Waals surface area contributed by atoms with Crippen LogP contribution in [-0.4, -0.2) is 20.9 Å². The highest BCUT2D eigenvalue weighted by molar-refractivity contribution is 7.14. The van der Waals surface area contributed by atoms with Crippen molar-refractivity contribution in [1.82, 2.24) is 15.0 Å². The summed E-state index contributed by atoms with van der Waals surface area (Å²) in [4.78, 5) is 34.0. The van der Waals surface area contributed by atoms with Gasteiger partial charge in [0.05, 0.1) is 16.7 Å². The number of aromatic nitrogens is 3. The number of carbonyl (C=O) groups excluding carboxylic acids is 1. The van der Waals surface area contributed by atoms with Crippen LogP contribution in [-0.2, 0) is 0 Å². The summed E-state index contributed by atoms with van der Waals surface area (Å²) < 4.78 is 5.04. The Hall–Kier alpha value is -2.78. The molecule has 4 aromatic rings. The first-order valence-electron chi connectivity index (χ1n) is 6.47. The van der Waals surface area contributed by atoms with E-state index in [1.54, 1.807) is 23.0 Å². The van der Waals surface area contributed by atoms with E-state index < -0.39 is 5.76 Å². The molecule has 4 rings (SSSR count). The van der Waals surface area contributed by atoms with Crippen LogP contribution in [0, 0.1) is 0 Å². The molecule has 0 saturated carbocycles. The number of nitrogens with one attached hydrogen (secondary N) is 2. The number of fused-ring (bicyclic) bond motifs is 1. The maximum atomic E-state index is 11.9. The fraction of sp³-hybridized carbons (Fsp3) is 0. The maximum absolute atomic E-state index is 11.9. The molecular formula is C14H8N4O3S2. The quantitative estimate of drug-likeness (QED) is 0.595. The van der Waals surface area contributed by atoms with Crippen LogP contribution in [0.15, 0.2) is 43.7 Å². The van der Waals surface area contributed by atoms with Gasteiger partial charge in [0.2, 0.25) is 0 Å². The molecule has 0 saturated heterocycles. The minimum absolute atomic E-state index is 0.292. The Morgan fingerprint density at radius 2 is 2.22 bits per heavy atom. The summed E-state index contributed by atoms with van der Waals surface area (Å²) >= 11 is 2.67. The van der Waals surface area contributed by atoms with Crippen molar-refractivity contribution in [3.8, 4) is 11.3 Å². The van der Waals surface area contributed by atoms with Gasteiger partial charge < -0.3 is 4.42 Å². The third-order valence-electron chi connectivity index (χ3n) is 3.11. The van der Waals surface area contributed by atoms with E-state index in [0.717, 1.165) is 5.56 Å². The Morgan fingerprint density at radius 3 is 3.04 bits per heavy atom. The number of rotatable bonds is 3. The molecule has 114 valence electrons. The average Bonchev–Trinajstić information content (AvgIpc) is 3.26. The molecule has 2 N–H and O–H groups in total. The summed E-state index contributed by atoms with van der Waals surface area (Å²) in [5, 5.41) is 6.68. The summed E-state index contributed by atoms with van der Waals surface area (Å²) in [5.41, 5.74) is 4.55. The molecule has 23 heavy (non-hydrogen) atoms. The van der Waals surface area contributed by atoms with E-state index >= 15 is 0 Å². The zero-order chi connectivity index (χ0) is 15.8. The Bertz CT molecular complexity index is 1050. The van der Waals surface area contributed by atoms with E-state index in [2.05, 4.69) is 20.3 Å². The highest BCUT2D eigenvalue weighted by Gasteiger charge is 2.12. The monoisotopic (exact) mass is 344 g/mol. The number of oxazole rings is 1. The number of aromatic amines is 1. The second kappa shape index (κ2) is 5.45. The van der Waals surface area contributed by atoms with Gasteiger partial charge in [0, 0.05) is 16.3 Å². The summed E-state index contributed by atoms with van der Waals surface area (Å²) in [6, 6.07) is 5.31. The van der Waals surface area contributed by atoms with Crippen molar-refractivity contribution in [1.29, 1.82) is 0 Å². The molecule has 7 nitrogen and oxygen atoms in total. The van der Waals surface area contributed by atoms with E-state index in [-0.39, 0.29) is 5.91 Å². The molecule has 0 atom stereocenters. The number of amides is 1. The second-order valence-electron chi connectivity index (χ2n) is 4.59. The van der Waals surface area contributed by atoms with E-state index in [4.69, 9.17) is 4.42 Å². The predicted molar refractivity (Wildman–Crippen MR) is 88.0 cm³/mol. The van der Waals surface area contributed by atoms with Gasteiger partial charge in [-0.25, -0.2) is 14.8 Å². The molecule has 3 heterocycles. The molecule has 0 bridgehead atoms. The highest BCUT2D eigenvalue weighted by Crippen LogP contribution is 2.27. The van der Waals surface area contributed by atoms with Gasteiger partial charge in [0.15, 0.2) is 10.7 Å². The van der Waals surface area contributed by atoms with Crippen LogP contribution < -0.4 is 11.1 Å². The lowest BCUT2D eigenvalue weighted by atomic mass is 10.1. The molecule has 0 unspecified atom stereocenters. The first kappa shape index (κ1) is 13.9. The third kappa shape index (κ3) is 2.67. The van der Waals surface area contributed by atoms with Crippen LogP contribution in [0.1, 0.15) is 10.5 Å². The number of hydrogen-bond acceptors (Lipinski definition) is 7. The number of anilines is 1. The zero-order valence-electron chi connectivity index (χ0n) is 11.4. The van der Waals surface area contributed by atoms with E-state index in [1.807, 2.05) is 11.4 Å². The lowest BCUT2D eigenvalue weighted by molar-refractivity contribution is 0.102. The zero-order valence-corrected chi connectivity index (χ0v) is 13.0. The maximum Gasteiger partial charge on any atom is 0.417 e. The SMILES string of the molecule is O=C(Nc1nc(-c2ccc3[nH]c(=O)oc3c2)cs1)c1cscn1. The molecule has 0 radical (unpaired) electrons. The number of hydrogen-bond donors (Lipinski definition) is 2. The fourth-order valence-electron chi connectivity index (χ4n) is 2.05. The number of benzene rings is 1. The van der Waals surface area contributed by atoms with E-state index in [0.29, 0.717) is 27.6 Å². The average molecular weight is 344 g/mol. The van der Waals surface area contributed by atoms with Crippen LogP contribution in [0.2, 0.25) is 0 Å². The first-order valence-corrected chi connectivity index (χ1v) is 8.29. The minimum Gasteiger partial charge on any atom is -0.408 e. The van der Waals surface area contributed by atoms with Gasteiger partial charge in [-0.05, 0) is 12.1 Å². The van der Waals surface area contributed by atoms with Gasteiger partial charge in [-0.3, -0.25) is 15.1 Å². The Kier molecular flexibility index (Phi) is 3.28. The van der Waals surface area contributed by atoms with Crippen molar-refractivity contribution in [2.45, 2.75) is 0 Å². The Labute approximate surface area is 136 Å². The van der Waals surface area contributed by atoms with Crippen LogP contribution in [0.4, 0.5) is 5.13 Å². The molecule has 0 spiro atoms. The van der Waals surface area contributed by atoms with Crippen LogP contribution in [0.25, 0.3) is 22.4 Å². The summed E-state index contributed by atoms with van der Waals surface area (Å²) in [7, 11) is 0. The predicted octanol–water partition coefficient (Wildman–Crippen LogP) is 2.95. The Morgan fingerprint density at radius 1 is 1.30 bits per heavy atom. The molecule has 9 heteroatoms. The molecule has 0 aliphatic carbocycles. The van der Waals surface area contributed by atoms with Gasteiger partial charge in [-0.2, -0.15) is 0 Å². The lowest BCUT2D eigenvalue weighted by Gasteiger charge is -1.98. The first-order chi connectivity index (χ1) is 11.2. The van der Waals surface area contributed by atoms with Gasteiger partial charge >= 0.3 is 5.76 Å². The number of nitrogens with zero attached hydrogens (tertiary/aromatic N) is 2. The van der Waals surface area contributed by atoms with Gasteiger partial charge in [-0.15, -0.1) is 22.7 Å². The van der Waals surface area contributed by atoms with Gasteiger partial charge in [-0.1, -0.05) is 6.07 Å². The van der Waals surface area contributed by atoms with Gasteiger partial charge in [0.25, 0.3) is 5.91 Å². The van der Waals surface area contributed by atoms with E-state index in [1.165, 1.54) is 22.7 Å². The van der Waals surface area contributed by atoms with Crippen molar-refractivity contribution >= 4 is 44.8 Å². The number of carbonyl (C=O) groups is 1. The highest BCUT2D eigenvalue weighted by atomic mass is 32.1. The van der Waals surface area contributed by atoms with Crippen molar-refractivity contribution in [2.24, 2.45) is 0 Å². The fourth-order valence-corrected chi connectivity index (χ4v) is 3.30. The smallest absolute Gasteiger partial charge is 0.408 e. The van der Waals surface area contributed by atoms with Crippen molar-refractivity contribution in [2.75, 3.05) is 5.32 Å². The number of thiazole rings is 2. The lowest BCUT2D eigenvalue weighted by Crippen LogP contribution is -2.11. The van der Waals surface area contributed by atoms with Crippen LogP contribution >= 0.6 is 22.7 Å². The minimum atomic E-state index is -0.494. The third-order valence-corrected chi connectivity index (χ3v) is 4.45. The summed E-state index contributed by atoms with van der Waals surface area (Å²) in [5.74, 6) is -0.786. The molecule has 3 aromatic heterocycles.